The summed E-state index contributed by atoms with van der Waals surface area (Å²) < 4.78 is 29.6. The molecule has 3 fully saturated rings. The van der Waals surface area contributed by atoms with Crippen LogP contribution in [0, 0.1) is 35.5 Å². The number of aliphatic hydroxyl groups excluding tert-OH is 2. The fourth-order valence-electron chi connectivity index (χ4n) is 10.3. The van der Waals surface area contributed by atoms with Crippen LogP contribution < -0.4 is 0 Å². The Kier molecular flexibility index (Phi) is 21.1. The number of ether oxygens (including phenoxy) is 5. The molecular formula is C51H81NO12. The van der Waals surface area contributed by atoms with Gasteiger partial charge in [0.15, 0.2) is 5.78 Å². The van der Waals surface area contributed by atoms with Crippen LogP contribution in [-0.2, 0) is 42.9 Å². The topological polar surface area (TPSA) is 178 Å². The van der Waals surface area contributed by atoms with E-state index in [-0.39, 0.29) is 48.0 Å². The number of rotatable bonds is 6. The Morgan fingerprint density at radius 1 is 0.812 bits per heavy atom. The van der Waals surface area contributed by atoms with Gasteiger partial charge in [-0.15, -0.1) is 0 Å². The van der Waals surface area contributed by atoms with Gasteiger partial charge in [-0.25, -0.2) is 4.79 Å². The lowest BCUT2D eigenvalue weighted by Crippen LogP contribution is -2.61. The predicted molar refractivity (Wildman–Crippen MR) is 245 cm³/mol. The predicted octanol–water partition coefficient (Wildman–Crippen LogP) is 7.00. The molecule has 64 heavy (non-hydrogen) atoms. The number of methoxy groups -OCH3 is 3. The van der Waals surface area contributed by atoms with Gasteiger partial charge >= 0.3 is 5.97 Å². The van der Waals surface area contributed by atoms with Crippen molar-refractivity contribution in [2.24, 2.45) is 35.5 Å². The number of allylic oxidation sites excluding steroid dienone is 6. The number of amides is 1. The maximum absolute atomic E-state index is 14.4. The number of hydrogen-bond acceptors (Lipinski definition) is 12. The van der Waals surface area contributed by atoms with Crippen LogP contribution in [0.5, 0.6) is 0 Å². The third-order valence-electron chi connectivity index (χ3n) is 14.5. The summed E-state index contributed by atoms with van der Waals surface area (Å²) in [6, 6.07) is -1.02. The molecule has 1 amide bonds. The third kappa shape index (κ3) is 14.2. The van der Waals surface area contributed by atoms with E-state index in [1.54, 1.807) is 28.1 Å². The Balaban J connectivity index is 1.67. The molecule has 13 nitrogen and oxygen atoms in total. The number of carbonyl (C=O) groups is 4. The number of carbonyl (C=O) groups excluding carboxylic acids is 4. The summed E-state index contributed by atoms with van der Waals surface area (Å²) in [4.78, 5) is 57.8. The number of Topliss-reactive ketones (excluding diaryl/α,β-unsaturated/α-hetero) is 2. The van der Waals surface area contributed by atoms with E-state index in [1.165, 1.54) is 12.0 Å². The first-order valence-electron chi connectivity index (χ1n) is 24.0. The van der Waals surface area contributed by atoms with Crippen LogP contribution >= 0.6 is 0 Å². The van der Waals surface area contributed by atoms with Crippen molar-refractivity contribution in [3.05, 3.63) is 47.6 Å². The Morgan fingerprint density at radius 2 is 1.55 bits per heavy atom. The van der Waals surface area contributed by atoms with E-state index in [2.05, 4.69) is 6.92 Å². The molecule has 3 heterocycles. The van der Waals surface area contributed by atoms with Gasteiger partial charge in [0.25, 0.3) is 11.7 Å². The van der Waals surface area contributed by atoms with Gasteiger partial charge in [0.05, 0.1) is 24.4 Å². The van der Waals surface area contributed by atoms with Crippen LogP contribution in [0.3, 0.4) is 0 Å². The van der Waals surface area contributed by atoms with Crippen LogP contribution in [0.1, 0.15) is 132 Å². The van der Waals surface area contributed by atoms with Crippen molar-refractivity contribution in [1.82, 2.24) is 4.90 Å². The number of cyclic esters (lactones) is 1. The molecular weight excluding hydrogens is 819 g/mol. The standard InChI is InChI=1S/C51H81NO12/c1-31-16-12-11-13-17-33(3)43(60-8)30-39-22-20-37(7)51(59,64-39)48(56)49(57)52-25-15-14-18-40(52)50(58)63-42(34(4)28-38-21-23-41(53)44(29-38)61-9)24-19-32(2)27-36(6)46(55)47(62-10)45(54)35(5)26-31/h11-13,16-17,27,31-32,34-35,37-44,46-47,53,55,59H,14-15,18-26,28-30H2,1-10H3/t31-,32+,34-,35-,37-,38+,39+,40+,41-,42+,43+,44-,46-,47+,51-/m1/s1. The van der Waals surface area contributed by atoms with Crippen molar-refractivity contribution < 1.29 is 58.2 Å². The molecule has 0 radical (unpaired) electrons. The fraction of sp³-hybridized carbons (Fsp3) is 0.765. The van der Waals surface area contributed by atoms with Gasteiger partial charge in [0, 0.05) is 46.1 Å². The highest BCUT2D eigenvalue weighted by molar-refractivity contribution is 6.39. The molecule has 0 aromatic heterocycles. The van der Waals surface area contributed by atoms with E-state index in [0.29, 0.717) is 76.2 Å². The number of piperidine rings is 1. The monoisotopic (exact) mass is 900 g/mol. The minimum absolute atomic E-state index is 0.0678. The van der Waals surface area contributed by atoms with Crippen LogP contribution in [0.4, 0.5) is 0 Å². The highest BCUT2D eigenvalue weighted by atomic mass is 16.6. The summed E-state index contributed by atoms with van der Waals surface area (Å²) in [6.07, 6.45) is 14.5. The smallest absolute Gasteiger partial charge is 0.329 e. The van der Waals surface area contributed by atoms with Crippen LogP contribution in [-0.4, -0.2) is 126 Å². The van der Waals surface area contributed by atoms with Gasteiger partial charge in [0.2, 0.25) is 5.79 Å². The largest absolute Gasteiger partial charge is 0.461 e. The van der Waals surface area contributed by atoms with Crippen molar-refractivity contribution in [1.29, 1.82) is 0 Å². The third-order valence-corrected chi connectivity index (χ3v) is 14.5. The molecule has 3 N–H and O–H groups in total. The zero-order chi connectivity index (χ0) is 47.3. The van der Waals surface area contributed by atoms with Gasteiger partial charge in [-0.1, -0.05) is 71.1 Å². The highest BCUT2D eigenvalue weighted by Crippen LogP contribution is 2.38. The summed E-state index contributed by atoms with van der Waals surface area (Å²) in [7, 11) is 4.65. The number of nitrogens with zero attached hydrogens (tertiary/aromatic N) is 1. The van der Waals surface area contributed by atoms with E-state index in [4.69, 9.17) is 23.7 Å². The number of fused-ring (bicyclic) bond motifs is 3. The molecule has 0 unspecified atom stereocenters. The van der Waals surface area contributed by atoms with Gasteiger partial charge in [-0.3, -0.25) is 14.4 Å². The average Bonchev–Trinajstić information content (AvgIpc) is 3.27. The minimum atomic E-state index is -2.38. The van der Waals surface area contributed by atoms with Gasteiger partial charge in [0.1, 0.15) is 24.4 Å². The molecule has 0 aromatic carbocycles. The molecule has 1 aliphatic carbocycles. The van der Waals surface area contributed by atoms with E-state index in [1.807, 2.05) is 64.2 Å². The summed E-state index contributed by atoms with van der Waals surface area (Å²) in [5, 5.41) is 33.9. The summed E-state index contributed by atoms with van der Waals surface area (Å²) >= 11 is 0. The van der Waals surface area contributed by atoms with Gasteiger partial charge in [-0.05, 0) is 126 Å². The summed E-state index contributed by atoms with van der Waals surface area (Å²) in [6.45, 7) is 13.6. The Bertz CT molecular complexity index is 1670. The number of ketones is 2. The van der Waals surface area contributed by atoms with Crippen LogP contribution in [0.2, 0.25) is 0 Å². The minimum Gasteiger partial charge on any atom is -0.461 e. The normalized spacial score (nSPS) is 38.2. The highest BCUT2D eigenvalue weighted by Gasteiger charge is 2.53. The zero-order valence-electron chi connectivity index (χ0n) is 40.4. The quantitative estimate of drug-likeness (QED) is 0.142. The molecule has 1 saturated carbocycles. The lowest BCUT2D eigenvalue weighted by molar-refractivity contribution is -0.265. The van der Waals surface area contributed by atoms with Crippen molar-refractivity contribution in [2.45, 2.75) is 186 Å². The van der Waals surface area contributed by atoms with Crippen molar-refractivity contribution in [2.75, 3.05) is 27.9 Å². The fourth-order valence-corrected chi connectivity index (χ4v) is 10.3. The maximum Gasteiger partial charge on any atom is 0.329 e. The molecule has 3 aliphatic heterocycles. The van der Waals surface area contributed by atoms with E-state index in [9.17, 15) is 34.5 Å². The zero-order valence-corrected chi connectivity index (χ0v) is 40.4. The second-order valence-corrected chi connectivity index (χ2v) is 19.7. The molecule has 15 atom stereocenters. The Morgan fingerprint density at radius 3 is 2.23 bits per heavy atom. The number of esters is 1. The van der Waals surface area contributed by atoms with Crippen molar-refractivity contribution in [3.63, 3.8) is 0 Å². The lowest BCUT2D eigenvalue weighted by atomic mass is 9.78. The molecule has 0 aromatic rings. The summed E-state index contributed by atoms with van der Waals surface area (Å²) in [5.74, 6) is -6.09. The second-order valence-electron chi connectivity index (χ2n) is 19.7. The first kappa shape index (κ1) is 53.6. The van der Waals surface area contributed by atoms with Gasteiger partial charge in [-0.2, -0.15) is 0 Å². The van der Waals surface area contributed by atoms with E-state index >= 15 is 0 Å². The molecule has 2 saturated heterocycles. The summed E-state index contributed by atoms with van der Waals surface area (Å²) in [5.41, 5.74) is 1.51. The van der Waals surface area contributed by atoms with E-state index < -0.39 is 72.0 Å². The molecule has 362 valence electrons. The molecule has 2 bridgehead atoms. The second kappa shape index (κ2) is 25.2. The molecule has 0 spiro atoms. The maximum atomic E-state index is 14.4. The molecule has 4 rings (SSSR count). The molecule has 13 heteroatoms. The van der Waals surface area contributed by atoms with Crippen molar-refractivity contribution in [3.8, 4) is 0 Å². The van der Waals surface area contributed by atoms with Crippen LogP contribution in [0.15, 0.2) is 47.6 Å². The first-order valence-corrected chi connectivity index (χ1v) is 24.0. The lowest BCUT2D eigenvalue weighted by Gasteiger charge is -2.42. The number of hydrogen-bond donors (Lipinski definition) is 3. The molecule has 4 aliphatic rings. The SMILES string of the molecule is CO[C@H]1C[C@@H]2CC[C@@H](C)[C@@](O)(O2)C(=O)C(=O)N2CCCC[C@H]2C(=O)O[C@H]([C@H](C)C[C@@H]2CC[C@@H](O)[C@H](OC)C2)CC[C@H](C)C=C(C)[C@@H](O)[C@@H](OC)C(=O)[C@H](C)C[C@H](C)C=CC=CC=C1C. The van der Waals surface area contributed by atoms with Gasteiger partial charge < -0.3 is 43.9 Å². The van der Waals surface area contributed by atoms with Crippen molar-refractivity contribution >= 4 is 23.4 Å². The average molecular weight is 900 g/mol. The Hall–Kier alpha value is -3.04. The Labute approximate surface area is 383 Å². The van der Waals surface area contributed by atoms with E-state index in [0.717, 1.165) is 18.4 Å². The number of aliphatic hydroxyl groups is 3. The van der Waals surface area contributed by atoms with Crippen LogP contribution in [0.25, 0.3) is 0 Å². The first-order chi connectivity index (χ1) is 30.3.